The van der Waals surface area contributed by atoms with Crippen LogP contribution in [0.2, 0.25) is 0 Å². The van der Waals surface area contributed by atoms with Gasteiger partial charge in [0.15, 0.2) is 5.82 Å². The van der Waals surface area contributed by atoms with Gasteiger partial charge in [-0.05, 0) is 24.3 Å². The maximum atomic E-state index is 11.1. The predicted molar refractivity (Wildman–Crippen MR) is 81.3 cm³/mol. The van der Waals surface area contributed by atoms with Crippen molar-refractivity contribution in [1.29, 1.82) is 0 Å². The highest BCUT2D eigenvalue weighted by Gasteiger charge is 1.99. The summed E-state index contributed by atoms with van der Waals surface area (Å²) < 4.78 is 0. The van der Waals surface area contributed by atoms with Crippen LogP contribution in [-0.4, -0.2) is 34.2 Å². The molecule has 0 radical (unpaired) electrons. The second kappa shape index (κ2) is 7.78. The third-order valence-electron chi connectivity index (χ3n) is 2.66. The Morgan fingerprint density at radius 2 is 1.86 bits per heavy atom. The molecule has 110 valence electrons. The molecule has 0 atom stereocenters. The van der Waals surface area contributed by atoms with Crippen LogP contribution in [0.25, 0.3) is 0 Å². The molecule has 0 unspecified atom stereocenters. The Labute approximate surface area is 123 Å². The van der Waals surface area contributed by atoms with Crippen molar-refractivity contribution >= 4 is 23.4 Å². The first-order valence-corrected chi connectivity index (χ1v) is 6.80. The summed E-state index contributed by atoms with van der Waals surface area (Å²) in [7, 11) is 0. The zero-order chi connectivity index (χ0) is 14.9. The molecule has 7 heteroatoms. The van der Waals surface area contributed by atoms with Crippen molar-refractivity contribution in [2.75, 3.05) is 23.7 Å². The summed E-state index contributed by atoms with van der Waals surface area (Å²) in [6, 6.07) is 9.23. The third-order valence-corrected chi connectivity index (χ3v) is 2.66. The van der Waals surface area contributed by atoms with Gasteiger partial charge in [0.05, 0.1) is 0 Å². The van der Waals surface area contributed by atoms with Gasteiger partial charge in [-0.25, -0.2) is 4.98 Å². The van der Waals surface area contributed by atoms with Crippen LogP contribution in [0.3, 0.4) is 0 Å². The average molecular weight is 286 g/mol. The van der Waals surface area contributed by atoms with Crippen molar-refractivity contribution in [3.8, 4) is 0 Å². The van der Waals surface area contributed by atoms with Gasteiger partial charge in [0.1, 0.15) is 11.6 Å². The van der Waals surface area contributed by atoms with Gasteiger partial charge >= 0.3 is 0 Å². The van der Waals surface area contributed by atoms with Crippen LogP contribution in [0.5, 0.6) is 0 Å². The zero-order valence-corrected chi connectivity index (χ0v) is 11.8. The van der Waals surface area contributed by atoms with E-state index in [-0.39, 0.29) is 5.91 Å². The fraction of sp³-hybridized carbons (Fsp3) is 0.286. The van der Waals surface area contributed by atoms with Gasteiger partial charge in [0.2, 0.25) is 5.91 Å². The molecule has 0 saturated heterocycles. The van der Waals surface area contributed by atoms with E-state index in [1.165, 1.54) is 0 Å². The summed E-state index contributed by atoms with van der Waals surface area (Å²) >= 11 is 0. The number of nitrogens with zero attached hydrogens (tertiary/aromatic N) is 3. The monoisotopic (exact) mass is 286 g/mol. The molecule has 0 aliphatic heterocycles. The van der Waals surface area contributed by atoms with E-state index in [0.29, 0.717) is 31.1 Å². The van der Waals surface area contributed by atoms with Crippen LogP contribution < -0.4 is 16.0 Å². The summed E-state index contributed by atoms with van der Waals surface area (Å²) in [5, 5.41) is 17.0. The van der Waals surface area contributed by atoms with Crippen molar-refractivity contribution in [2.24, 2.45) is 0 Å². The first kappa shape index (κ1) is 14.7. The van der Waals surface area contributed by atoms with Crippen molar-refractivity contribution in [2.45, 2.75) is 13.3 Å². The lowest BCUT2D eigenvalue weighted by atomic mass is 10.4. The highest BCUT2D eigenvalue weighted by molar-refractivity contribution is 5.75. The SMILES string of the molecule is CCC(=O)NCCNc1ccc(Nc2ccccn2)nn1. The molecule has 21 heavy (non-hydrogen) atoms. The van der Waals surface area contributed by atoms with Crippen molar-refractivity contribution in [3.05, 3.63) is 36.5 Å². The number of hydrogen-bond acceptors (Lipinski definition) is 6. The number of anilines is 3. The summed E-state index contributed by atoms with van der Waals surface area (Å²) in [4.78, 5) is 15.2. The van der Waals surface area contributed by atoms with E-state index in [1.807, 2.05) is 37.3 Å². The van der Waals surface area contributed by atoms with Gasteiger partial charge in [0, 0.05) is 25.7 Å². The molecule has 0 spiro atoms. The number of nitrogens with one attached hydrogen (secondary N) is 3. The second-order valence-corrected chi connectivity index (χ2v) is 4.27. The van der Waals surface area contributed by atoms with E-state index in [2.05, 4.69) is 31.1 Å². The number of amides is 1. The Morgan fingerprint density at radius 1 is 1.05 bits per heavy atom. The minimum Gasteiger partial charge on any atom is -0.367 e. The van der Waals surface area contributed by atoms with E-state index < -0.39 is 0 Å². The van der Waals surface area contributed by atoms with Gasteiger partial charge in [-0.1, -0.05) is 13.0 Å². The lowest BCUT2D eigenvalue weighted by Gasteiger charge is -2.07. The van der Waals surface area contributed by atoms with E-state index in [1.54, 1.807) is 6.20 Å². The Balaban J connectivity index is 1.78. The molecule has 2 aromatic heterocycles. The van der Waals surface area contributed by atoms with E-state index in [4.69, 9.17) is 0 Å². The molecule has 2 rings (SSSR count). The van der Waals surface area contributed by atoms with Gasteiger partial charge in [-0.3, -0.25) is 4.79 Å². The molecule has 1 amide bonds. The molecule has 0 bridgehead atoms. The standard InChI is InChI=1S/C14H18N6O/c1-2-14(21)17-10-9-16-12-6-7-13(20-19-12)18-11-5-3-4-8-15-11/h3-8H,2,9-10H2,1H3,(H,16,19)(H,17,21)(H,15,18,20). The van der Waals surface area contributed by atoms with E-state index >= 15 is 0 Å². The van der Waals surface area contributed by atoms with Gasteiger partial charge < -0.3 is 16.0 Å². The largest absolute Gasteiger partial charge is 0.367 e. The van der Waals surface area contributed by atoms with Crippen LogP contribution in [0, 0.1) is 0 Å². The third kappa shape index (κ3) is 5.06. The second-order valence-electron chi connectivity index (χ2n) is 4.27. The summed E-state index contributed by atoms with van der Waals surface area (Å²) in [6.45, 7) is 2.98. The van der Waals surface area contributed by atoms with E-state index in [0.717, 1.165) is 5.82 Å². The van der Waals surface area contributed by atoms with Gasteiger partial charge in [-0.15, -0.1) is 10.2 Å². The normalized spacial score (nSPS) is 9.95. The number of rotatable bonds is 7. The Bertz CT molecular complexity index is 557. The Morgan fingerprint density at radius 3 is 2.52 bits per heavy atom. The number of pyridine rings is 1. The van der Waals surface area contributed by atoms with Gasteiger partial charge in [0.25, 0.3) is 0 Å². The summed E-state index contributed by atoms with van der Waals surface area (Å²) in [5.74, 6) is 2.04. The first-order chi connectivity index (χ1) is 10.3. The molecule has 0 aliphatic carbocycles. The molecule has 0 aromatic carbocycles. The van der Waals surface area contributed by atoms with E-state index in [9.17, 15) is 4.79 Å². The molecule has 2 aromatic rings. The lowest BCUT2D eigenvalue weighted by Crippen LogP contribution is -2.28. The fourth-order valence-electron chi connectivity index (χ4n) is 1.58. The highest BCUT2D eigenvalue weighted by Crippen LogP contribution is 2.11. The fourth-order valence-corrected chi connectivity index (χ4v) is 1.58. The number of hydrogen-bond donors (Lipinski definition) is 3. The quantitative estimate of drug-likeness (QED) is 0.669. The molecule has 7 nitrogen and oxygen atoms in total. The average Bonchev–Trinajstić information content (AvgIpc) is 2.54. The molecule has 0 aliphatic rings. The highest BCUT2D eigenvalue weighted by atomic mass is 16.1. The molecular formula is C14H18N6O. The predicted octanol–water partition coefficient (Wildman–Crippen LogP) is 1.55. The Kier molecular flexibility index (Phi) is 5.45. The molecular weight excluding hydrogens is 268 g/mol. The maximum Gasteiger partial charge on any atom is 0.219 e. The van der Waals surface area contributed by atoms with Crippen molar-refractivity contribution in [3.63, 3.8) is 0 Å². The molecule has 3 N–H and O–H groups in total. The maximum absolute atomic E-state index is 11.1. The molecule has 2 heterocycles. The Hall–Kier alpha value is -2.70. The summed E-state index contributed by atoms with van der Waals surface area (Å²) in [6.07, 6.45) is 2.20. The summed E-state index contributed by atoms with van der Waals surface area (Å²) in [5.41, 5.74) is 0. The number of aromatic nitrogens is 3. The van der Waals surface area contributed by atoms with Crippen LogP contribution in [0.1, 0.15) is 13.3 Å². The molecule has 0 saturated carbocycles. The van der Waals surface area contributed by atoms with Crippen molar-refractivity contribution in [1.82, 2.24) is 20.5 Å². The van der Waals surface area contributed by atoms with Crippen molar-refractivity contribution < 1.29 is 4.79 Å². The molecule has 0 fully saturated rings. The van der Waals surface area contributed by atoms with Crippen LogP contribution in [-0.2, 0) is 4.79 Å². The van der Waals surface area contributed by atoms with Crippen LogP contribution in [0.4, 0.5) is 17.5 Å². The first-order valence-electron chi connectivity index (χ1n) is 6.80. The zero-order valence-electron chi connectivity index (χ0n) is 11.8. The van der Waals surface area contributed by atoms with Gasteiger partial charge in [-0.2, -0.15) is 0 Å². The van der Waals surface area contributed by atoms with Crippen LogP contribution in [0.15, 0.2) is 36.5 Å². The minimum atomic E-state index is 0.0396. The smallest absolute Gasteiger partial charge is 0.219 e. The minimum absolute atomic E-state index is 0.0396. The lowest BCUT2D eigenvalue weighted by molar-refractivity contribution is -0.120. The van der Waals surface area contributed by atoms with Crippen LogP contribution >= 0.6 is 0 Å². The number of carbonyl (C=O) groups is 1. The topological polar surface area (TPSA) is 91.8 Å². The number of carbonyl (C=O) groups excluding carboxylic acids is 1.